The van der Waals surface area contributed by atoms with Crippen molar-refractivity contribution in [3.63, 3.8) is 0 Å². The first-order valence-corrected chi connectivity index (χ1v) is 4.69. The summed E-state index contributed by atoms with van der Waals surface area (Å²) in [5.74, 6) is 1.35. The smallest absolute Gasteiger partial charge is 0.407 e. The van der Waals surface area contributed by atoms with Crippen molar-refractivity contribution in [2.75, 3.05) is 7.05 Å². The lowest BCUT2D eigenvalue weighted by Crippen LogP contribution is -2.28. The van der Waals surface area contributed by atoms with E-state index in [1.54, 1.807) is 7.05 Å². The largest absolute Gasteiger partial charge is 0.446 e. The zero-order chi connectivity index (χ0) is 8.55. The van der Waals surface area contributed by atoms with Crippen LogP contribution >= 0.6 is 0 Å². The Morgan fingerprint density at radius 2 is 1.83 bits per heavy atom. The molecule has 3 nitrogen and oxygen atoms in total. The van der Waals surface area contributed by atoms with Crippen molar-refractivity contribution in [1.29, 1.82) is 0 Å². The number of ether oxygens (including phenoxy) is 1. The van der Waals surface area contributed by atoms with Crippen LogP contribution in [0.5, 0.6) is 0 Å². The summed E-state index contributed by atoms with van der Waals surface area (Å²) < 4.78 is 5.30. The molecule has 0 atom stereocenters. The standard InChI is InChI=1S/C9H15NO2/c1-10-9(11)12-8(6-2-3-6)7-4-5-7/h6-8H,2-5H2,1H3,(H,10,11). The SMILES string of the molecule is CNC(=O)OC(C1CC1)C1CC1. The number of rotatable bonds is 3. The second-order valence-electron chi connectivity index (χ2n) is 3.79. The Labute approximate surface area is 72.5 Å². The predicted octanol–water partition coefficient (Wildman–Crippen LogP) is 1.53. The number of hydrogen-bond donors (Lipinski definition) is 1. The van der Waals surface area contributed by atoms with Gasteiger partial charge in [0.1, 0.15) is 6.10 Å². The van der Waals surface area contributed by atoms with Crippen molar-refractivity contribution in [2.45, 2.75) is 31.8 Å². The van der Waals surface area contributed by atoms with E-state index in [0.29, 0.717) is 11.8 Å². The van der Waals surface area contributed by atoms with Crippen molar-refractivity contribution in [3.05, 3.63) is 0 Å². The van der Waals surface area contributed by atoms with E-state index in [-0.39, 0.29) is 12.2 Å². The average Bonchev–Trinajstić information content (AvgIpc) is 2.87. The molecule has 0 aliphatic heterocycles. The Morgan fingerprint density at radius 3 is 2.17 bits per heavy atom. The number of amides is 1. The van der Waals surface area contributed by atoms with Crippen LogP contribution in [0.1, 0.15) is 25.7 Å². The van der Waals surface area contributed by atoms with Gasteiger partial charge in [0.25, 0.3) is 0 Å². The molecule has 0 spiro atoms. The molecule has 2 rings (SSSR count). The molecule has 1 N–H and O–H groups in total. The lowest BCUT2D eigenvalue weighted by Gasteiger charge is -2.15. The monoisotopic (exact) mass is 169 g/mol. The molecule has 2 fully saturated rings. The van der Waals surface area contributed by atoms with Crippen LogP contribution in [-0.4, -0.2) is 19.2 Å². The second-order valence-corrected chi connectivity index (χ2v) is 3.79. The fraction of sp³-hybridized carbons (Fsp3) is 0.889. The topological polar surface area (TPSA) is 38.3 Å². The molecule has 0 saturated heterocycles. The summed E-state index contributed by atoms with van der Waals surface area (Å²) in [6.07, 6.45) is 4.95. The number of carbonyl (C=O) groups is 1. The van der Waals surface area contributed by atoms with Crippen molar-refractivity contribution in [2.24, 2.45) is 11.8 Å². The van der Waals surface area contributed by atoms with E-state index >= 15 is 0 Å². The van der Waals surface area contributed by atoms with Crippen molar-refractivity contribution in [3.8, 4) is 0 Å². The molecule has 2 aliphatic rings. The van der Waals surface area contributed by atoms with Gasteiger partial charge >= 0.3 is 6.09 Å². The maximum absolute atomic E-state index is 11.0. The summed E-state index contributed by atoms with van der Waals surface area (Å²) in [5, 5.41) is 2.50. The lowest BCUT2D eigenvalue weighted by atomic mass is 10.1. The van der Waals surface area contributed by atoms with Crippen LogP contribution in [0.4, 0.5) is 4.79 Å². The van der Waals surface area contributed by atoms with E-state index in [4.69, 9.17) is 4.74 Å². The summed E-state index contributed by atoms with van der Waals surface area (Å²) in [6.45, 7) is 0. The molecule has 0 unspecified atom stereocenters. The maximum atomic E-state index is 11.0. The number of alkyl carbamates (subject to hydrolysis) is 1. The van der Waals surface area contributed by atoms with Crippen LogP contribution < -0.4 is 5.32 Å². The Bertz CT molecular complexity index is 173. The molecule has 1 amide bonds. The number of nitrogens with one attached hydrogen (secondary N) is 1. The van der Waals surface area contributed by atoms with E-state index < -0.39 is 0 Å². The molecule has 2 saturated carbocycles. The van der Waals surface area contributed by atoms with Crippen LogP contribution in [0, 0.1) is 11.8 Å². The zero-order valence-electron chi connectivity index (χ0n) is 7.38. The van der Waals surface area contributed by atoms with Crippen LogP contribution in [0.25, 0.3) is 0 Å². The third-order valence-electron chi connectivity index (χ3n) is 2.62. The van der Waals surface area contributed by atoms with Gasteiger partial charge in [-0.1, -0.05) is 0 Å². The first-order valence-electron chi connectivity index (χ1n) is 4.69. The first kappa shape index (κ1) is 7.90. The van der Waals surface area contributed by atoms with Gasteiger partial charge in [-0.05, 0) is 37.5 Å². The minimum absolute atomic E-state index is 0.227. The Hall–Kier alpha value is -0.730. The molecule has 0 bridgehead atoms. The molecule has 12 heavy (non-hydrogen) atoms. The summed E-state index contributed by atoms with van der Waals surface area (Å²) in [6, 6.07) is 0. The molecular formula is C9H15NO2. The molecule has 0 aromatic carbocycles. The number of carbonyl (C=O) groups excluding carboxylic acids is 1. The lowest BCUT2D eigenvalue weighted by molar-refractivity contribution is 0.0737. The highest BCUT2D eigenvalue weighted by molar-refractivity contribution is 5.67. The van der Waals surface area contributed by atoms with E-state index in [2.05, 4.69) is 5.32 Å². The third-order valence-corrected chi connectivity index (χ3v) is 2.62. The van der Waals surface area contributed by atoms with E-state index in [1.807, 2.05) is 0 Å². The molecule has 0 aromatic heterocycles. The van der Waals surface area contributed by atoms with Crippen LogP contribution in [-0.2, 0) is 4.74 Å². The quantitative estimate of drug-likeness (QED) is 0.695. The van der Waals surface area contributed by atoms with Gasteiger partial charge in [0.05, 0.1) is 0 Å². The minimum atomic E-state index is -0.265. The van der Waals surface area contributed by atoms with Gasteiger partial charge < -0.3 is 10.1 Å². The second kappa shape index (κ2) is 2.96. The van der Waals surface area contributed by atoms with Gasteiger partial charge in [0.2, 0.25) is 0 Å². The third kappa shape index (κ3) is 1.71. The summed E-state index contributed by atoms with van der Waals surface area (Å²) in [4.78, 5) is 11.0. The molecule has 0 heterocycles. The van der Waals surface area contributed by atoms with Crippen LogP contribution in [0.15, 0.2) is 0 Å². The predicted molar refractivity (Wildman–Crippen MR) is 44.8 cm³/mol. The highest BCUT2D eigenvalue weighted by Crippen LogP contribution is 2.46. The summed E-state index contributed by atoms with van der Waals surface area (Å²) in [7, 11) is 1.61. The molecular weight excluding hydrogens is 154 g/mol. The summed E-state index contributed by atoms with van der Waals surface area (Å²) >= 11 is 0. The fourth-order valence-electron chi connectivity index (χ4n) is 1.61. The van der Waals surface area contributed by atoms with Gasteiger partial charge in [-0.15, -0.1) is 0 Å². The van der Waals surface area contributed by atoms with E-state index in [1.165, 1.54) is 25.7 Å². The van der Waals surface area contributed by atoms with Crippen molar-refractivity contribution < 1.29 is 9.53 Å². The molecule has 0 radical (unpaired) electrons. The van der Waals surface area contributed by atoms with Crippen molar-refractivity contribution in [1.82, 2.24) is 5.32 Å². The zero-order valence-corrected chi connectivity index (χ0v) is 7.38. The van der Waals surface area contributed by atoms with E-state index in [9.17, 15) is 4.79 Å². The number of hydrogen-bond acceptors (Lipinski definition) is 2. The average molecular weight is 169 g/mol. The highest BCUT2D eigenvalue weighted by Gasteiger charge is 2.43. The molecule has 3 heteroatoms. The van der Waals surface area contributed by atoms with Gasteiger partial charge in [-0.3, -0.25) is 0 Å². The van der Waals surface area contributed by atoms with Gasteiger partial charge in [-0.25, -0.2) is 4.79 Å². The van der Waals surface area contributed by atoms with Gasteiger partial charge in [0, 0.05) is 7.05 Å². The fourth-order valence-corrected chi connectivity index (χ4v) is 1.61. The Morgan fingerprint density at radius 1 is 1.33 bits per heavy atom. The van der Waals surface area contributed by atoms with E-state index in [0.717, 1.165) is 0 Å². The van der Waals surface area contributed by atoms with Crippen LogP contribution in [0.2, 0.25) is 0 Å². The normalized spacial score (nSPS) is 22.5. The molecule has 68 valence electrons. The molecule has 0 aromatic rings. The maximum Gasteiger partial charge on any atom is 0.407 e. The Balaban J connectivity index is 1.83. The minimum Gasteiger partial charge on any atom is -0.446 e. The van der Waals surface area contributed by atoms with Gasteiger partial charge in [0.15, 0.2) is 0 Å². The van der Waals surface area contributed by atoms with Crippen molar-refractivity contribution >= 4 is 6.09 Å². The van der Waals surface area contributed by atoms with Gasteiger partial charge in [-0.2, -0.15) is 0 Å². The van der Waals surface area contributed by atoms with Crippen LogP contribution in [0.3, 0.4) is 0 Å². The highest BCUT2D eigenvalue weighted by atomic mass is 16.6. The Kier molecular flexibility index (Phi) is 1.95. The molecule has 2 aliphatic carbocycles. The first-order chi connectivity index (χ1) is 5.81. The summed E-state index contributed by atoms with van der Waals surface area (Å²) in [5.41, 5.74) is 0.